The maximum absolute atomic E-state index is 12.5. The second-order valence-corrected chi connectivity index (χ2v) is 6.20. The first-order valence-electron chi connectivity index (χ1n) is 8.81. The summed E-state index contributed by atoms with van der Waals surface area (Å²) < 4.78 is 10.7. The third kappa shape index (κ3) is 5.77. The van der Waals surface area contributed by atoms with E-state index in [1.165, 1.54) is 5.56 Å². The van der Waals surface area contributed by atoms with Crippen LogP contribution in [0.2, 0.25) is 0 Å². The van der Waals surface area contributed by atoms with E-state index in [1.807, 2.05) is 49.5 Å². The van der Waals surface area contributed by atoms with Gasteiger partial charge in [-0.1, -0.05) is 48.5 Å². The number of urea groups is 1. The molecular formula is C21H28N2O3. The minimum absolute atomic E-state index is 0.0198. The first kappa shape index (κ1) is 19.8. The normalized spacial score (nSPS) is 11.7. The Hall–Kier alpha value is -2.53. The molecule has 0 spiro atoms. The maximum atomic E-state index is 12.5. The molecule has 5 heteroatoms. The largest absolute Gasteiger partial charge is 0.496 e. The van der Waals surface area contributed by atoms with Crippen molar-refractivity contribution in [3.05, 3.63) is 65.7 Å². The molecule has 0 radical (unpaired) electrons. The molecule has 5 nitrogen and oxygen atoms in total. The average molecular weight is 356 g/mol. The summed E-state index contributed by atoms with van der Waals surface area (Å²) in [5.41, 5.74) is 2.26. The van der Waals surface area contributed by atoms with Crippen molar-refractivity contribution in [1.29, 1.82) is 0 Å². The van der Waals surface area contributed by atoms with E-state index in [2.05, 4.69) is 17.4 Å². The van der Waals surface area contributed by atoms with E-state index < -0.39 is 0 Å². The summed E-state index contributed by atoms with van der Waals surface area (Å²) in [7, 11) is 5.13. The van der Waals surface area contributed by atoms with Crippen molar-refractivity contribution in [2.45, 2.75) is 18.9 Å². The van der Waals surface area contributed by atoms with Crippen molar-refractivity contribution in [3.8, 4) is 5.75 Å². The number of benzene rings is 2. The first-order valence-corrected chi connectivity index (χ1v) is 8.81. The van der Waals surface area contributed by atoms with Gasteiger partial charge in [0, 0.05) is 20.7 Å². The number of methoxy groups -OCH3 is 2. The van der Waals surface area contributed by atoms with Gasteiger partial charge in [-0.2, -0.15) is 0 Å². The van der Waals surface area contributed by atoms with Gasteiger partial charge in [0.1, 0.15) is 5.75 Å². The topological polar surface area (TPSA) is 50.8 Å². The Bertz CT molecular complexity index is 676. The predicted octanol–water partition coefficient (Wildman–Crippen LogP) is 3.14. The van der Waals surface area contributed by atoms with Crippen LogP contribution in [0.4, 0.5) is 4.79 Å². The zero-order chi connectivity index (χ0) is 18.8. The van der Waals surface area contributed by atoms with Crippen molar-refractivity contribution in [3.63, 3.8) is 0 Å². The fraction of sp³-hybridized carbons (Fsp3) is 0.381. The summed E-state index contributed by atoms with van der Waals surface area (Å²) in [5.74, 6) is 0.844. The molecule has 0 aliphatic rings. The average Bonchev–Trinajstić information content (AvgIpc) is 2.68. The number of hydrogen-bond acceptors (Lipinski definition) is 3. The minimum Gasteiger partial charge on any atom is -0.496 e. The Morgan fingerprint density at radius 2 is 1.77 bits per heavy atom. The molecule has 0 aromatic heterocycles. The van der Waals surface area contributed by atoms with E-state index in [9.17, 15) is 4.79 Å². The van der Waals surface area contributed by atoms with Crippen LogP contribution in [-0.2, 0) is 17.6 Å². The van der Waals surface area contributed by atoms with Gasteiger partial charge >= 0.3 is 6.03 Å². The number of hydrogen-bond donors (Lipinski definition) is 1. The molecule has 0 fully saturated rings. The van der Waals surface area contributed by atoms with Crippen LogP contribution in [0.25, 0.3) is 0 Å². The van der Waals surface area contributed by atoms with Crippen LogP contribution >= 0.6 is 0 Å². The van der Waals surface area contributed by atoms with E-state index in [0.29, 0.717) is 13.2 Å². The highest BCUT2D eigenvalue weighted by Gasteiger charge is 2.20. The molecule has 2 amide bonds. The Morgan fingerprint density at radius 1 is 1.08 bits per heavy atom. The van der Waals surface area contributed by atoms with Gasteiger partial charge in [-0.05, 0) is 30.0 Å². The number of para-hydroxylation sites is 1. The van der Waals surface area contributed by atoms with Gasteiger partial charge in [-0.3, -0.25) is 0 Å². The van der Waals surface area contributed by atoms with E-state index in [-0.39, 0.29) is 12.1 Å². The molecule has 1 N–H and O–H groups in total. The van der Waals surface area contributed by atoms with Crippen molar-refractivity contribution < 1.29 is 14.3 Å². The molecule has 0 saturated carbocycles. The lowest BCUT2D eigenvalue weighted by atomic mass is 10.1. The second-order valence-electron chi connectivity index (χ2n) is 6.20. The Balaban J connectivity index is 1.89. The fourth-order valence-corrected chi connectivity index (χ4v) is 2.89. The quantitative estimate of drug-likeness (QED) is 0.751. The molecule has 1 unspecified atom stereocenters. The number of nitrogens with one attached hydrogen (secondary N) is 1. The summed E-state index contributed by atoms with van der Waals surface area (Å²) in [6, 6.07) is 17.9. The van der Waals surface area contributed by atoms with E-state index in [4.69, 9.17) is 9.47 Å². The molecule has 0 aliphatic carbocycles. The van der Waals surface area contributed by atoms with Crippen LogP contribution in [0.5, 0.6) is 5.75 Å². The minimum atomic E-state index is -0.0992. The number of likely N-dealkylation sites (N-methyl/N-ethyl adjacent to an activating group) is 1. The molecule has 2 rings (SSSR count). The molecule has 140 valence electrons. The molecule has 0 bridgehead atoms. The van der Waals surface area contributed by atoms with Gasteiger partial charge in [-0.15, -0.1) is 0 Å². The predicted molar refractivity (Wildman–Crippen MR) is 104 cm³/mol. The standard InChI is InChI=1S/C21H28N2O3/c1-23(19(16-25-2)15-17-9-5-4-6-10-17)21(24)22-14-13-18-11-7-8-12-20(18)26-3/h4-12,19H,13-16H2,1-3H3,(H,22,24). The summed E-state index contributed by atoms with van der Waals surface area (Å²) in [4.78, 5) is 14.2. The first-order chi connectivity index (χ1) is 12.7. The van der Waals surface area contributed by atoms with Crippen molar-refractivity contribution in [1.82, 2.24) is 10.2 Å². The molecule has 2 aromatic carbocycles. The summed E-state index contributed by atoms with van der Waals surface area (Å²) in [6.45, 7) is 1.04. The number of carbonyl (C=O) groups is 1. The van der Waals surface area contributed by atoms with Crippen LogP contribution in [0.15, 0.2) is 54.6 Å². The third-order valence-corrected chi connectivity index (χ3v) is 4.40. The van der Waals surface area contributed by atoms with E-state index >= 15 is 0 Å². The lowest BCUT2D eigenvalue weighted by Crippen LogP contribution is -2.47. The van der Waals surface area contributed by atoms with Gasteiger partial charge in [0.05, 0.1) is 19.8 Å². The molecule has 0 aliphatic heterocycles. The number of nitrogens with zero attached hydrogens (tertiary/aromatic N) is 1. The fourth-order valence-electron chi connectivity index (χ4n) is 2.89. The SMILES string of the molecule is COCC(Cc1ccccc1)N(C)C(=O)NCCc1ccccc1OC. The zero-order valence-corrected chi connectivity index (χ0v) is 15.8. The van der Waals surface area contributed by atoms with Crippen LogP contribution < -0.4 is 10.1 Å². The van der Waals surface area contributed by atoms with Crippen molar-refractivity contribution in [2.75, 3.05) is 34.4 Å². The summed E-state index contributed by atoms with van der Waals surface area (Å²) in [5, 5.41) is 2.98. The van der Waals surface area contributed by atoms with Gasteiger partial charge < -0.3 is 19.7 Å². The number of rotatable bonds is 9. The molecule has 1 atom stereocenters. The molecule has 26 heavy (non-hydrogen) atoms. The number of amides is 2. The van der Waals surface area contributed by atoms with Gasteiger partial charge in [0.25, 0.3) is 0 Å². The second kappa shape index (κ2) is 10.5. The molecular weight excluding hydrogens is 328 g/mol. The highest BCUT2D eigenvalue weighted by atomic mass is 16.5. The molecule has 2 aromatic rings. The zero-order valence-electron chi connectivity index (χ0n) is 15.8. The Labute approximate surface area is 155 Å². The van der Waals surface area contributed by atoms with Crippen molar-refractivity contribution in [2.24, 2.45) is 0 Å². The Kier molecular flexibility index (Phi) is 7.96. The van der Waals surface area contributed by atoms with E-state index in [1.54, 1.807) is 19.1 Å². The van der Waals surface area contributed by atoms with Crippen LogP contribution in [0.1, 0.15) is 11.1 Å². The number of carbonyl (C=O) groups excluding carboxylic acids is 1. The summed E-state index contributed by atoms with van der Waals surface area (Å²) >= 11 is 0. The van der Waals surface area contributed by atoms with E-state index in [0.717, 1.165) is 24.2 Å². The highest BCUT2D eigenvalue weighted by Crippen LogP contribution is 2.17. The number of ether oxygens (including phenoxy) is 2. The van der Waals surface area contributed by atoms with Crippen molar-refractivity contribution >= 4 is 6.03 Å². The monoisotopic (exact) mass is 356 g/mol. The summed E-state index contributed by atoms with van der Waals surface area (Å²) in [6.07, 6.45) is 1.47. The van der Waals surface area contributed by atoms with Gasteiger partial charge in [-0.25, -0.2) is 4.79 Å². The van der Waals surface area contributed by atoms with Gasteiger partial charge in [0.15, 0.2) is 0 Å². The highest BCUT2D eigenvalue weighted by molar-refractivity contribution is 5.74. The van der Waals surface area contributed by atoms with Gasteiger partial charge in [0.2, 0.25) is 0 Å². The lowest BCUT2D eigenvalue weighted by molar-refractivity contribution is 0.115. The van der Waals surface area contributed by atoms with Crippen LogP contribution in [-0.4, -0.2) is 51.4 Å². The Morgan fingerprint density at radius 3 is 2.46 bits per heavy atom. The lowest BCUT2D eigenvalue weighted by Gasteiger charge is -2.28. The molecule has 0 heterocycles. The smallest absolute Gasteiger partial charge is 0.317 e. The van der Waals surface area contributed by atoms with Crippen LogP contribution in [0.3, 0.4) is 0 Å². The maximum Gasteiger partial charge on any atom is 0.317 e. The third-order valence-electron chi connectivity index (χ3n) is 4.40. The molecule has 0 saturated heterocycles. The van der Waals surface area contributed by atoms with Crippen LogP contribution in [0, 0.1) is 0 Å².